The molecule has 0 spiro atoms. The monoisotopic (exact) mass is 530 g/mol. The summed E-state index contributed by atoms with van der Waals surface area (Å²) in [6.45, 7) is 2.48. The van der Waals surface area contributed by atoms with Gasteiger partial charge in [-0.05, 0) is 56.1 Å². The van der Waals surface area contributed by atoms with Gasteiger partial charge in [-0.25, -0.2) is 4.98 Å². The Balaban J connectivity index is 1.28. The van der Waals surface area contributed by atoms with E-state index in [0.717, 1.165) is 18.9 Å². The van der Waals surface area contributed by atoms with E-state index in [2.05, 4.69) is 19.4 Å². The number of nitrogens with two attached hydrogens (primary N) is 1. The first-order chi connectivity index (χ1) is 17.0. The minimum atomic E-state index is -5.85. The van der Waals surface area contributed by atoms with Crippen molar-refractivity contribution >= 4 is 21.8 Å². The van der Waals surface area contributed by atoms with E-state index in [-0.39, 0.29) is 35.7 Å². The van der Waals surface area contributed by atoms with Crippen molar-refractivity contribution in [2.24, 2.45) is 5.92 Å². The SMILES string of the molecule is Nc1ncccc1C(=O)NCC1CCN(C[C@H]2COc3cccc(OS(=O)(=O)C(F)(F)F)c3O2)CC1. The first-order valence-electron chi connectivity index (χ1n) is 11.2. The molecule has 2 aromatic rings. The van der Waals surface area contributed by atoms with Gasteiger partial charge >= 0.3 is 15.6 Å². The van der Waals surface area contributed by atoms with Crippen LogP contribution in [0.25, 0.3) is 0 Å². The fourth-order valence-electron chi connectivity index (χ4n) is 4.03. The summed E-state index contributed by atoms with van der Waals surface area (Å²) >= 11 is 0. The summed E-state index contributed by atoms with van der Waals surface area (Å²) < 4.78 is 76.8. The number of alkyl halides is 3. The van der Waals surface area contributed by atoms with Gasteiger partial charge in [0.15, 0.2) is 11.5 Å². The second kappa shape index (κ2) is 10.4. The van der Waals surface area contributed by atoms with E-state index >= 15 is 0 Å². The van der Waals surface area contributed by atoms with Crippen molar-refractivity contribution in [2.45, 2.75) is 24.5 Å². The predicted molar refractivity (Wildman–Crippen MR) is 122 cm³/mol. The largest absolute Gasteiger partial charge is 0.534 e. The number of piperidine rings is 1. The van der Waals surface area contributed by atoms with E-state index in [4.69, 9.17) is 15.2 Å². The van der Waals surface area contributed by atoms with E-state index < -0.39 is 27.5 Å². The summed E-state index contributed by atoms with van der Waals surface area (Å²) in [5.41, 5.74) is 0.497. The molecule has 1 amide bonds. The van der Waals surface area contributed by atoms with Gasteiger partial charge in [-0.15, -0.1) is 0 Å². The molecule has 2 aliphatic heterocycles. The molecule has 0 unspecified atom stereocenters. The van der Waals surface area contributed by atoms with E-state index in [1.807, 2.05) is 0 Å². The molecule has 196 valence electrons. The molecular weight excluding hydrogens is 505 g/mol. The fourth-order valence-corrected chi connectivity index (χ4v) is 4.49. The number of nitrogen functional groups attached to an aromatic ring is 1. The van der Waals surface area contributed by atoms with E-state index in [1.165, 1.54) is 18.3 Å². The lowest BCUT2D eigenvalue weighted by Crippen LogP contribution is -2.45. The van der Waals surface area contributed by atoms with E-state index in [9.17, 15) is 26.4 Å². The number of benzene rings is 1. The van der Waals surface area contributed by atoms with Crippen LogP contribution in [0.1, 0.15) is 23.2 Å². The summed E-state index contributed by atoms with van der Waals surface area (Å²) in [7, 11) is -5.85. The Morgan fingerprint density at radius 3 is 2.67 bits per heavy atom. The zero-order chi connectivity index (χ0) is 25.9. The van der Waals surface area contributed by atoms with Gasteiger partial charge in [0.05, 0.1) is 5.56 Å². The Morgan fingerprint density at radius 1 is 1.22 bits per heavy atom. The molecule has 1 aromatic heterocycles. The molecule has 2 aliphatic rings. The summed E-state index contributed by atoms with van der Waals surface area (Å²) in [5.74, 6) is -0.512. The van der Waals surface area contributed by atoms with Crippen molar-refractivity contribution in [2.75, 3.05) is 38.5 Å². The highest BCUT2D eigenvalue weighted by atomic mass is 32.2. The lowest BCUT2D eigenvalue weighted by Gasteiger charge is -2.36. The predicted octanol–water partition coefficient (Wildman–Crippen LogP) is 2.17. The molecule has 0 saturated carbocycles. The number of para-hydroxylation sites is 1. The van der Waals surface area contributed by atoms with Crippen LogP contribution in [-0.2, 0) is 10.1 Å². The standard InChI is InChI=1S/C22H25F3N4O6S/c23-22(24,25)36(31,32)35-18-5-1-4-17-19(18)34-15(13-33-17)12-29-9-6-14(7-10-29)11-28-21(30)16-3-2-8-27-20(16)26/h1-5,8,14-15H,6-7,9-13H2,(H2,26,27)(H,28,30)/t15-/m0/s1. The van der Waals surface area contributed by atoms with Gasteiger partial charge < -0.3 is 24.7 Å². The number of nitrogens with zero attached hydrogens (tertiary/aromatic N) is 2. The number of anilines is 1. The minimum absolute atomic E-state index is 0.102. The lowest BCUT2D eigenvalue weighted by atomic mass is 9.96. The zero-order valence-electron chi connectivity index (χ0n) is 19.0. The van der Waals surface area contributed by atoms with Gasteiger partial charge in [0.1, 0.15) is 18.5 Å². The van der Waals surface area contributed by atoms with Gasteiger partial charge in [-0.1, -0.05) is 6.07 Å². The van der Waals surface area contributed by atoms with Crippen LogP contribution < -0.4 is 24.7 Å². The smallest absolute Gasteiger partial charge is 0.486 e. The lowest BCUT2D eigenvalue weighted by molar-refractivity contribution is -0.0501. The molecule has 0 radical (unpaired) electrons. The van der Waals surface area contributed by atoms with Crippen LogP contribution in [0, 0.1) is 5.92 Å². The van der Waals surface area contributed by atoms with Crippen LogP contribution in [0.5, 0.6) is 17.2 Å². The number of hydrogen-bond acceptors (Lipinski definition) is 9. The van der Waals surface area contributed by atoms with Crippen LogP contribution in [0.3, 0.4) is 0 Å². The van der Waals surface area contributed by atoms with Crippen molar-refractivity contribution in [1.29, 1.82) is 0 Å². The first-order valence-corrected chi connectivity index (χ1v) is 12.6. The van der Waals surface area contributed by atoms with Gasteiger partial charge in [0.2, 0.25) is 5.75 Å². The molecular formula is C22H25F3N4O6S. The average Bonchev–Trinajstić information content (AvgIpc) is 2.83. The molecule has 1 aromatic carbocycles. The highest BCUT2D eigenvalue weighted by Crippen LogP contribution is 2.42. The van der Waals surface area contributed by atoms with Crippen molar-refractivity contribution < 1.29 is 40.0 Å². The van der Waals surface area contributed by atoms with E-state index in [1.54, 1.807) is 12.1 Å². The number of nitrogens with one attached hydrogen (secondary N) is 1. The Bertz CT molecular complexity index is 1200. The van der Waals surface area contributed by atoms with Gasteiger partial charge in [-0.2, -0.15) is 21.6 Å². The van der Waals surface area contributed by atoms with Gasteiger partial charge in [0, 0.05) is 19.3 Å². The summed E-state index contributed by atoms with van der Waals surface area (Å²) in [4.78, 5) is 18.3. The Kier molecular flexibility index (Phi) is 7.45. The molecule has 3 heterocycles. The van der Waals surface area contributed by atoms with E-state index in [0.29, 0.717) is 31.7 Å². The molecule has 14 heteroatoms. The number of hydrogen-bond donors (Lipinski definition) is 2. The third-order valence-electron chi connectivity index (χ3n) is 5.94. The Morgan fingerprint density at radius 2 is 1.97 bits per heavy atom. The van der Waals surface area contributed by atoms with Gasteiger partial charge in [-0.3, -0.25) is 9.69 Å². The summed E-state index contributed by atoms with van der Waals surface area (Å²) in [5, 5.41) is 2.89. The number of rotatable bonds is 7. The molecule has 3 N–H and O–H groups in total. The van der Waals surface area contributed by atoms with Gasteiger partial charge in [0.25, 0.3) is 5.91 Å². The highest BCUT2D eigenvalue weighted by molar-refractivity contribution is 7.88. The molecule has 1 fully saturated rings. The van der Waals surface area contributed by atoms with Crippen LogP contribution in [0.15, 0.2) is 36.5 Å². The molecule has 36 heavy (non-hydrogen) atoms. The Hall–Kier alpha value is -3.26. The Labute approximate surface area is 205 Å². The average molecular weight is 531 g/mol. The number of pyridine rings is 1. The topological polar surface area (TPSA) is 133 Å². The third kappa shape index (κ3) is 5.93. The zero-order valence-corrected chi connectivity index (χ0v) is 19.8. The number of halogens is 3. The molecule has 4 rings (SSSR count). The number of ether oxygens (including phenoxy) is 2. The quantitative estimate of drug-likeness (QED) is 0.408. The number of amides is 1. The second-order valence-electron chi connectivity index (χ2n) is 8.51. The maximum Gasteiger partial charge on any atom is 0.534 e. The van der Waals surface area contributed by atoms with Crippen molar-refractivity contribution in [3.63, 3.8) is 0 Å². The molecule has 1 saturated heterocycles. The first kappa shape index (κ1) is 25.8. The number of carbonyl (C=O) groups is 1. The highest BCUT2D eigenvalue weighted by Gasteiger charge is 2.49. The second-order valence-corrected chi connectivity index (χ2v) is 10.0. The summed E-state index contributed by atoms with van der Waals surface area (Å²) in [6.07, 6.45) is 2.59. The minimum Gasteiger partial charge on any atom is -0.486 e. The molecule has 1 atom stereocenters. The normalized spacial score (nSPS) is 19.0. The number of fused-ring (bicyclic) bond motifs is 1. The van der Waals surface area contributed by atoms with Crippen molar-refractivity contribution in [1.82, 2.24) is 15.2 Å². The fraction of sp³-hybridized carbons (Fsp3) is 0.455. The number of carbonyl (C=O) groups excluding carboxylic acids is 1. The van der Waals surface area contributed by atoms with Crippen molar-refractivity contribution in [3.05, 3.63) is 42.1 Å². The van der Waals surface area contributed by atoms with Crippen molar-refractivity contribution in [3.8, 4) is 17.2 Å². The summed E-state index contributed by atoms with van der Waals surface area (Å²) in [6, 6.07) is 7.10. The molecule has 10 nitrogen and oxygen atoms in total. The van der Waals surface area contributed by atoms with Crippen LogP contribution in [0.2, 0.25) is 0 Å². The molecule has 0 aliphatic carbocycles. The maximum absolute atomic E-state index is 12.7. The third-order valence-corrected chi connectivity index (χ3v) is 6.90. The van der Waals surface area contributed by atoms with Crippen LogP contribution in [0.4, 0.5) is 19.0 Å². The number of likely N-dealkylation sites (tertiary alicyclic amines) is 1. The van der Waals surface area contributed by atoms with Crippen LogP contribution in [-0.4, -0.2) is 68.6 Å². The van der Waals surface area contributed by atoms with Crippen LogP contribution >= 0.6 is 0 Å². The molecule has 0 bridgehead atoms. The maximum atomic E-state index is 12.7. The number of aromatic nitrogens is 1.